The molecule has 0 spiro atoms. The molecule has 25 heavy (non-hydrogen) atoms. The molecule has 0 fully saturated rings. The lowest BCUT2D eigenvalue weighted by Crippen LogP contribution is -2.28. The number of carbonyl (C=O) groups excluding carboxylic acids is 1. The number of hydrogen-bond acceptors (Lipinski definition) is 3. The fourth-order valence-corrected chi connectivity index (χ4v) is 2.78. The van der Waals surface area contributed by atoms with Crippen LogP contribution in [-0.2, 0) is 0 Å². The second-order valence-electron chi connectivity index (χ2n) is 6.99. The molecule has 2 heterocycles. The highest BCUT2D eigenvalue weighted by atomic mass is 16.1. The molecule has 5 heteroatoms. The molecule has 0 aliphatic heterocycles. The highest BCUT2D eigenvalue weighted by Gasteiger charge is 2.25. The van der Waals surface area contributed by atoms with Gasteiger partial charge in [-0.1, -0.05) is 32.9 Å². The molecule has 0 radical (unpaired) electrons. The van der Waals surface area contributed by atoms with Crippen LogP contribution in [0, 0.1) is 5.41 Å². The summed E-state index contributed by atoms with van der Waals surface area (Å²) in [6.45, 7) is 6.45. The minimum atomic E-state index is -0.149. The summed E-state index contributed by atoms with van der Waals surface area (Å²) in [6, 6.07) is 11.2. The number of benzene rings is 1. The summed E-state index contributed by atoms with van der Waals surface area (Å²) in [5.74, 6) is -0.149. The molecule has 5 nitrogen and oxygen atoms in total. The summed E-state index contributed by atoms with van der Waals surface area (Å²) in [4.78, 5) is 19.8. The molecule has 1 unspecified atom stereocenters. The fraction of sp³-hybridized carbons (Fsp3) is 0.300. The number of hydrogen-bond donors (Lipinski definition) is 3. The van der Waals surface area contributed by atoms with E-state index in [1.807, 2.05) is 30.3 Å². The predicted octanol–water partition coefficient (Wildman–Crippen LogP) is 4.25. The van der Waals surface area contributed by atoms with Crippen molar-refractivity contribution in [3.05, 3.63) is 59.9 Å². The molecule has 0 saturated heterocycles. The van der Waals surface area contributed by atoms with Crippen molar-refractivity contribution in [1.29, 1.82) is 0 Å². The average molecular weight is 336 g/mol. The van der Waals surface area contributed by atoms with Crippen LogP contribution in [0.1, 0.15) is 49.2 Å². The van der Waals surface area contributed by atoms with Gasteiger partial charge in [0, 0.05) is 29.4 Å². The number of nitrogens with two attached hydrogens (primary N) is 1. The van der Waals surface area contributed by atoms with Crippen molar-refractivity contribution >= 4 is 22.6 Å². The van der Waals surface area contributed by atoms with Gasteiger partial charge in [-0.25, -0.2) is 4.98 Å². The molecular weight excluding hydrogens is 312 g/mol. The van der Waals surface area contributed by atoms with Gasteiger partial charge < -0.3 is 16.0 Å². The number of nitrogens with one attached hydrogen (secondary N) is 2. The van der Waals surface area contributed by atoms with Crippen molar-refractivity contribution in [3.63, 3.8) is 0 Å². The fourth-order valence-electron chi connectivity index (χ4n) is 2.78. The quantitative estimate of drug-likeness (QED) is 0.651. The van der Waals surface area contributed by atoms with Crippen molar-refractivity contribution in [3.8, 4) is 0 Å². The highest BCUT2D eigenvalue weighted by Crippen LogP contribution is 2.34. The smallest absolute Gasteiger partial charge is 0.255 e. The lowest BCUT2D eigenvalue weighted by atomic mass is 9.79. The van der Waals surface area contributed by atoms with Gasteiger partial charge in [-0.15, -0.1) is 0 Å². The van der Waals surface area contributed by atoms with E-state index in [-0.39, 0.29) is 17.4 Å². The Balaban J connectivity index is 1.78. The molecule has 0 aliphatic carbocycles. The van der Waals surface area contributed by atoms with E-state index in [1.165, 1.54) is 0 Å². The van der Waals surface area contributed by atoms with Crippen molar-refractivity contribution in [2.75, 3.05) is 5.32 Å². The summed E-state index contributed by atoms with van der Waals surface area (Å²) in [5, 5.41) is 3.84. The van der Waals surface area contributed by atoms with Gasteiger partial charge >= 0.3 is 0 Å². The number of H-pyrrole nitrogens is 1. The minimum absolute atomic E-state index is 0.0146. The van der Waals surface area contributed by atoms with E-state index in [9.17, 15) is 4.79 Å². The number of fused-ring (bicyclic) bond motifs is 1. The molecule has 130 valence electrons. The number of rotatable bonds is 5. The molecule has 1 atom stereocenters. The number of aromatic amines is 1. The van der Waals surface area contributed by atoms with Gasteiger partial charge in [0.1, 0.15) is 5.65 Å². The van der Waals surface area contributed by atoms with Crippen LogP contribution in [-0.4, -0.2) is 15.9 Å². The lowest BCUT2D eigenvalue weighted by Gasteiger charge is -2.30. The van der Waals surface area contributed by atoms with Gasteiger partial charge in [0.2, 0.25) is 0 Å². The lowest BCUT2D eigenvalue weighted by molar-refractivity contribution is 0.102. The Morgan fingerprint density at radius 1 is 1.24 bits per heavy atom. The van der Waals surface area contributed by atoms with E-state index in [0.717, 1.165) is 28.7 Å². The number of amides is 1. The highest BCUT2D eigenvalue weighted by molar-refractivity contribution is 6.08. The zero-order valence-corrected chi connectivity index (χ0v) is 14.8. The third-order valence-corrected chi connectivity index (χ3v) is 4.99. The van der Waals surface area contributed by atoms with Crippen molar-refractivity contribution in [1.82, 2.24) is 9.97 Å². The van der Waals surface area contributed by atoms with Crippen LogP contribution in [0.2, 0.25) is 0 Å². The Labute approximate surface area is 147 Å². The van der Waals surface area contributed by atoms with Crippen LogP contribution in [0.4, 0.5) is 5.69 Å². The minimum Gasteiger partial charge on any atom is -0.346 e. The number of carbonyl (C=O) groups is 1. The normalized spacial score (nSPS) is 13.0. The summed E-state index contributed by atoms with van der Waals surface area (Å²) < 4.78 is 0. The van der Waals surface area contributed by atoms with Crippen LogP contribution in [0.3, 0.4) is 0 Å². The first-order valence-electron chi connectivity index (χ1n) is 8.51. The summed E-state index contributed by atoms with van der Waals surface area (Å²) in [5.41, 5.74) is 9.52. The van der Waals surface area contributed by atoms with E-state index in [4.69, 9.17) is 5.73 Å². The Morgan fingerprint density at radius 3 is 2.64 bits per heavy atom. The first-order valence-corrected chi connectivity index (χ1v) is 8.51. The second kappa shape index (κ2) is 6.69. The van der Waals surface area contributed by atoms with Crippen molar-refractivity contribution < 1.29 is 4.79 Å². The molecule has 0 aliphatic rings. The zero-order valence-electron chi connectivity index (χ0n) is 14.8. The van der Waals surface area contributed by atoms with Crippen LogP contribution >= 0.6 is 0 Å². The molecular formula is C20H24N4O. The Bertz CT molecular complexity index is 880. The third-order valence-electron chi connectivity index (χ3n) is 4.99. The van der Waals surface area contributed by atoms with Crippen LogP contribution in [0.15, 0.2) is 48.8 Å². The first kappa shape index (κ1) is 17.2. The van der Waals surface area contributed by atoms with Crippen molar-refractivity contribution in [2.45, 2.75) is 33.2 Å². The molecule has 3 rings (SSSR count). The van der Waals surface area contributed by atoms with Gasteiger partial charge in [0.05, 0.1) is 5.69 Å². The first-order chi connectivity index (χ1) is 11.9. The van der Waals surface area contributed by atoms with Gasteiger partial charge in [0.25, 0.3) is 5.91 Å². The van der Waals surface area contributed by atoms with E-state index >= 15 is 0 Å². The Morgan fingerprint density at radius 2 is 1.96 bits per heavy atom. The summed E-state index contributed by atoms with van der Waals surface area (Å²) >= 11 is 0. The molecule has 1 amide bonds. The standard InChI is InChI=1S/C20H24N4O/c1-4-20(2,3)17(21)13-5-7-14(8-6-13)19(25)24-16-10-12-23-18-15(16)9-11-22-18/h5-12,17H,4,21H2,1-3H3,(H2,22,23,24,25). The molecule has 4 N–H and O–H groups in total. The van der Waals surface area contributed by atoms with E-state index in [0.29, 0.717) is 5.56 Å². The van der Waals surface area contributed by atoms with Crippen molar-refractivity contribution in [2.24, 2.45) is 11.1 Å². The van der Waals surface area contributed by atoms with Crippen LogP contribution in [0.5, 0.6) is 0 Å². The predicted molar refractivity (Wildman–Crippen MR) is 101 cm³/mol. The molecule has 1 aromatic carbocycles. The number of nitrogens with zero attached hydrogens (tertiary/aromatic N) is 1. The summed E-state index contributed by atoms with van der Waals surface area (Å²) in [6.07, 6.45) is 4.47. The Hall–Kier alpha value is -2.66. The zero-order chi connectivity index (χ0) is 18.0. The maximum Gasteiger partial charge on any atom is 0.255 e. The SMILES string of the molecule is CCC(C)(C)C(N)c1ccc(C(=O)Nc2ccnc3[nH]ccc23)cc1. The molecule has 0 saturated carbocycles. The number of anilines is 1. The van der Waals surface area contributed by atoms with Gasteiger partial charge in [0.15, 0.2) is 0 Å². The molecule has 0 bridgehead atoms. The van der Waals surface area contributed by atoms with E-state index < -0.39 is 0 Å². The molecule has 2 aromatic heterocycles. The number of aromatic nitrogens is 2. The summed E-state index contributed by atoms with van der Waals surface area (Å²) in [7, 11) is 0. The van der Waals surface area contributed by atoms with E-state index in [1.54, 1.807) is 18.5 Å². The van der Waals surface area contributed by atoms with Crippen LogP contribution in [0.25, 0.3) is 11.0 Å². The third kappa shape index (κ3) is 3.42. The second-order valence-corrected chi connectivity index (χ2v) is 6.99. The number of pyridine rings is 1. The van der Waals surface area contributed by atoms with Gasteiger partial charge in [-0.3, -0.25) is 4.79 Å². The average Bonchev–Trinajstić information content (AvgIpc) is 3.11. The van der Waals surface area contributed by atoms with Gasteiger partial charge in [-0.05, 0) is 41.7 Å². The maximum atomic E-state index is 12.5. The monoisotopic (exact) mass is 336 g/mol. The Kier molecular flexibility index (Phi) is 4.59. The van der Waals surface area contributed by atoms with Gasteiger partial charge in [-0.2, -0.15) is 0 Å². The van der Waals surface area contributed by atoms with Crippen LogP contribution < -0.4 is 11.1 Å². The van der Waals surface area contributed by atoms with E-state index in [2.05, 4.69) is 36.1 Å². The maximum absolute atomic E-state index is 12.5. The largest absolute Gasteiger partial charge is 0.346 e. The molecule has 3 aromatic rings. The topological polar surface area (TPSA) is 83.8 Å².